The Morgan fingerprint density at radius 1 is 1.21 bits per heavy atom. The SMILES string of the molecule is FC(F)(F)c1ccc2c(n1)CCC=C2. The zero-order valence-corrected chi connectivity index (χ0v) is 7.30. The number of aromatic nitrogens is 1. The van der Waals surface area contributed by atoms with Gasteiger partial charge in [0.15, 0.2) is 0 Å². The first-order valence-electron chi connectivity index (χ1n) is 4.31. The predicted molar refractivity (Wildman–Crippen MR) is 46.6 cm³/mol. The van der Waals surface area contributed by atoms with Gasteiger partial charge in [-0.3, -0.25) is 0 Å². The zero-order valence-electron chi connectivity index (χ0n) is 7.30. The van der Waals surface area contributed by atoms with Crippen LogP contribution in [0.15, 0.2) is 18.2 Å². The van der Waals surface area contributed by atoms with E-state index in [9.17, 15) is 13.2 Å². The summed E-state index contributed by atoms with van der Waals surface area (Å²) in [5.74, 6) is 0. The fourth-order valence-corrected chi connectivity index (χ4v) is 1.45. The molecule has 0 bridgehead atoms. The van der Waals surface area contributed by atoms with Crippen LogP contribution in [0.25, 0.3) is 6.08 Å². The lowest BCUT2D eigenvalue weighted by molar-refractivity contribution is -0.141. The first-order valence-corrected chi connectivity index (χ1v) is 4.31. The van der Waals surface area contributed by atoms with Crippen molar-refractivity contribution in [2.24, 2.45) is 0 Å². The predicted octanol–water partition coefficient (Wildman–Crippen LogP) is 3.06. The Morgan fingerprint density at radius 3 is 2.71 bits per heavy atom. The summed E-state index contributed by atoms with van der Waals surface area (Å²) in [5, 5.41) is 0. The van der Waals surface area contributed by atoms with Gasteiger partial charge >= 0.3 is 6.18 Å². The van der Waals surface area contributed by atoms with Crippen LogP contribution in [0.5, 0.6) is 0 Å². The van der Waals surface area contributed by atoms with Gasteiger partial charge in [-0.15, -0.1) is 0 Å². The molecule has 0 spiro atoms. The van der Waals surface area contributed by atoms with Crippen LogP contribution in [-0.4, -0.2) is 4.98 Å². The van der Waals surface area contributed by atoms with E-state index < -0.39 is 11.9 Å². The van der Waals surface area contributed by atoms with Gasteiger partial charge in [0.2, 0.25) is 0 Å². The number of allylic oxidation sites excluding steroid dienone is 1. The van der Waals surface area contributed by atoms with E-state index in [1.54, 1.807) is 0 Å². The molecule has 0 saturated carbocycles. The van der Waals surface area contributed by atoms with E-state index in [2.05, 4.69) is 4.98 Å². The van der Waals surface area contributed by atoms with Crippen molar-refractivity contribution in [1.29, 1.82) is 0 Å². The summed E-state index contributed by atoms with van der Waals surface area (Å²) in [6, 6.07) is 2.50. The van der Waals surface area contributed by atoms with E-state index in [4.69, 9.17) is 0 Å². The van der Waals surface area contributed by atoms with Crippen molar-refractivity contribution in [3.8, 4) is 0 Å². The number of hydrogen-bond acceptors (Lipinski definition) is 1. The normalized spacial score (nSPS) is 15.4. The number of rotatable bonds is 0. The molecular weight excluding hydrogens is 191 g/mol. The van der Waals surface area contributed by atoms with Crippen LogP contribution >= 0.6 is 0 Å². The molecule has 1 heterocycles. The molecule has 0 amide bonds. The summed E-state index contributed by atoms with van der Waals surface area (Å²) in [4.78, 5) is 3.61. The molecular formula is C10H8F3N. The Labute approximate surface area is 79.3 Å². The number of fused-ring (bicyclic) bond motifs is 1. The largest absolute Gasteiger partial charge is 0.433 e. The average molecular weight is 199 g/mol. The fraction of sp³-hybridized carbons (Fsp3) is 0.300. The Bertz CT molecular complexity index is 379. The Hall–Kier alpha value is -1.32. The van der Waals surface area contributed by atoms with E-state index in [0.29, 0.717) is 12.1 Å². The minimum Gasteiger partial charge on any atom is -0.248 e. The average Bonchev–Trinajstić information content (AvgIpc) is 2.16. The smallest absolute Gasteiger partial charge is 0.248 e. The third kappa shape index (κ3) is 1.64. The van der Waals surface area contributed by atoms with Gasteiger partial charge in [0.05, 0.1) is 0 Å². The second kappa shape index (κ2) is 3.12. The highest BCUT2D eigenvalue weighted by atomic mass is 19.4. The van der Waals surface area contributed by atoms with Crippen molar-refractivity contribution in [3.63, 3.8) is 0 Å². The summed E-state index contributed by atoms with van der Waals surface area (Å²) in [7, 11) is 0. The molecule has 2 rings (SSSR count). The van der Waals surface area contributed by atoms with Gasteiger partial charge in [0.1, 0.15) is 5.69 Å². The molecule has 4 heteroatoms. The Kier molecular flexibility index (Phi) is 2.06. The molecule has 0 N–H and O–H groups in total. The maximum absolute atomic E-state index is 12.3. The minimum absolute atomic E-state index is 0.544. The molecule has 0 unspecified atom stereocenters. The third-order valence-corrected chi connectivity index (χ3v) is 2.15. The molecule has 0 atom stereocenters. The molecule has 0 saturated heterocycles. The van der Waals surface area contributed by atoms with Gasteiger partial charge in [0, 0.05) is 5.69 Å². The first-order chi connectivity index (χ1) is 6.57. The summed E-state index contributed by atoms with van der Waals surface area (Å²) in [6.45, 7) is 0. The van der Waals surface area contributed by atoms with Gasteiger partial charge in [-0.1, -0.05) is 18.2 Å². The molecule has 1 aromatic rings. The van der Waals surface area contributed by atoms with Crippen LogP contribution in [0, 0.1) is 0 Å². The number of nitrogens with zero attached hydrogens (tertiary/aromatic N) is 1. The maximum Gasteiger partial charge on any atom is 0.433 e. The summed E-state index contributed by atoms with van der Waals surface area (Å²) in [5.41, 5.74) is 0.540. The topological polar surface area (TPSA) is 12.9 Å². The van der Waals surface area contributed by atoms with Crippen LogP contribution in [0.2, 0.25) is 0 Å². The van der Waals surface area contributed by atoms with Crippen molar-refractivity contribution >= 4 is 6.08 Å². The second-order valence-corrected chi connectivity index (χ2v) is 3.17. The number of halogens is 3. The molecule has 1 aliphatic carbocycles. The highest BCUT2D eigenvalue weighted by Crippen LogP contribution is 2.29. The van der Waals surface area contributed by atoms with E-state index in [1.165, 1.54) is 6.07 Å². The molecule has 0 fully saturated rings. The van der Waals surface area contributed by atoms with E-state index >= 15 is 0 Å². The quantitative estimate of drug-likeness (QED) is 0.625. The van der Waals surface area contributed by atoms with Crippen LogP contribution in [0.1, 0.15) is 23.4 Å². The molecule has 1 nitrogen and oxygen atoms in total. The van der Waals surface area contributed by atoms with Gasteiger partial charge in [0.25, 0.3) is 0 Å². The monoisotopic (exact) mass is 199 g/mol. The first kappa shape index (κ1) is 9.24. The summed E-state index contributed by atoms with van der Waals surface area (Å²) in [6.07, 6.45) is 0.774. The molecule has 1 aliphatic rings. The second-order valence-electron chi connectivity index (χ2n) is 3.17. The number of hydrogen-bond donors (Lipinski definition) is 0. The Balaban J connectivity index is 2.45. The minimum atomic E-state index is -4.34. The highest BCUT2D eigenvalue weighted by Gasteiger charge is 2.32. The van der Waals surface area contributed by atoms with E-state index in [-0.39, 0.29) is 0 Å². The lowest BCUT2D eigenvalue weighted by Gasteiger charge is -2.12. The highest BCUT2D eigenvalue weighted by molar-refractivity contribution is 5.54. The van der Waals surface area contributed by atoms with E-state index in [1.807, 2.05) is 12.2 Å². The molecule has 1 aromatic heterocycles. The van der Waals surface area contributed by atoms with E-state index in [0.717, 1.165) is 18.1 Å². The van der Waals surface area contributed by atoms with Crippen LogP contribution in [0.4, 0.5) is 13.2 Å². The van der Waals surface area contributed by atoms with Gasteiger partial charge in [-0.2, -0.15) is 13.2 Å². The molecule has 74 valence electrons. The summed E-state index contributed by atoms with van der Waals surface area (Å²) < 4.78 is 36.8. The lowest BCUT2D eigenvalue weighted by Crippen LogP contribution is -2.11. The van der Waals surface area contributed by atoms with Gasteiger partial charge in [-0.05, 0) is 24.5 Å². The number of alkyl halides is 3. The number of pyridine rings is 1. The lowest BCUT2D eigenvalue weighted by atomic mass is 10.0. The van der Waals surface area contributed by atoms with Gasteiger partial charge < -0.3 is 0 Å². The van der Waals surface area contributed by atoms with Crippen molar-refractivity contribution in [3.05, 3.63) is 35.2 Å². The molecule has 0 aliphatic heterocycles. The van der Waals surface area contributed by atoms with Crippen molar-refractivity contribution in [2.45, 2.75) is 19.0 Å². The number of aryl methyl sites for hydroxylation is 1. The molecule has 14 heavy (non-hydrogen) atoms. The fourth-order valence-electron chi connectivity index (χ4n) is 1.45. The van der Waals surface area contributed by atoms with Crippen molar-refractivity contribution in [1.82, 2.24) is 4.98 Å². The maximum atomic E-state index is 12.3. The standard InChI is InChI=1S/C10H8F3N/c11-10(12,13)9-6-5-7-3-1-2-4-8(7)14-9/h1,3,5-6H,2,4H2. The van der Waals surface area contributed by atoms with Crippen molar-refractivity contribution in [2.75, 3.05) is 0 Å². The summed E-state index contributed by atoms with van der Waals surface area (Å²) >= 11 is 0. The molecule has 0 aromatic carbocycles. The Morgan fingerprint density at radius 2 is 2.00 bits per heavy atom. The van der Waals surface area contributed by atoms with Gasteiger partial charge in [-0.25, -0.2) is 4.98 Å². The van der Waals surface area contributed by atoms with Crippen molar-refractivity contribution < 1.29 is 13.2 Å². The van der Waals surface area contributed by atoms with Crippen LogP contribution in [0.3, 0.4) is 0 Å². The van der Waals surface area contributed by atoms with Crippen LogP contribution < -0.4 is 0 Å². The third-order valence-electron chi connectivity index (χ3n) is 2.15. The zero-order chi connectivity index (χ0) is 10.2. The molecule has 0 radical (unpaired) electrons. The van der Waals surface area contributed by atoms with Crippen LogP contribution in [-0.2, 0) is 12.6 Å².